The van der Waals surface area contributed by atoms with Gasteiger partial charge in [0.2, 0.25) is 0 Å². The number of rotatable bonds is 8. The predicted octanol–water partition coefficient (Wildman–Crippen LogP) is 8.17. The van der Waals surface area contributed by atoms with E-state index in [1.807, 2.05) is 0 Å². The van der Waals surface area contributed by atoms with Gasteiger partial charge >= 0.3 is 0 Å². The fourth-order valence-electron chi connectivity index (χ4n) is 5.82. The van der Waals surface area contributed by atoms with Crippen LogP contribution in [0.4, 0.5) is 13.2 Å². The zero-order valence-electron chi connectivity index (χ0n) is 18.6. The van der Waals surface area contributed by atoms with Crippen LogP contribution < -0.4 is 0 Å². The summed E-state index contributed by atoms with van der Waals surface area (Å²) in [7, 11) is 0. The van der Waals surface area contributed by atoms with E-state index in [-0.39, 0.29) is 11.8 Å². The monoisotopic (exact) mass is 422 g/mol. The van der Waals surface area contributed by atoms with Crippen molar-refractivity contribution in [3.8, 4) is 0 Å². The number of hydrogen-bond donors (Lipinski definition) is 0. The number of carbonyl (C=O) groups excluding carboxylic acids is 1. The Morgan fingerprint density at radius 1 is 0.967 bits per heavy atom. The number of benzene rings is 1. The van der Waals surface area contributed by atoms with Gasteiger partial charge in [0.05, 0.1) is 5.56 Å². The Labute approximate surface area is 179 Å². The van der Waals surface area contributed by atoms with Gasteiger partial charge in [-0.3, -0.25) is 4.79 Å². The summed E-state index contributed by atoms with van der Waals surface area (Å²) in [6, 6.07) is 3.35. The first-order chi connectivity index (χ1) is 14.4. The number of halogens is 3. The van der Waals surface area contributed by atoms with Crippen molar-refractivity contribution in [2.24, 2.45) is 17.8 Å². The maximum Gasteiger partial charge on any atom is 0.266 e. The molecule has 0 aromatic heterocycles. The van der Waals surface area contributed by atoms with Gasteiger partial charge in [0, 0.05) is 12.3 Å². The molecule has 2 fully saturated rings. The van der Waals surface area contributed by atoms with Crippen LogP contribution in [-0.2, 0) is 11.2 Å². The molecule has 0 bridgehead atoms. The van der Waals surface area contributed by atoms with E-state index in [1.165, 1.54) is 38.5 Å². The quantitative estimate of drug-likeness (QED) is 0.413. The fourth-order valence-corrected chi connectivity index (χ4v) is 5.82. The van der Waals surface area contributed by atoms with Crippen LogP contribution in [0, 0.1) is 23.6 Å². The van der Waals surface area contributed by atoms with Crippen LogP contribution in [0.3, 0.4) is 0 Å². The Morgan fingerprint density at radius 2 is 1.60 bits per heavy atom. The second kappa shape index (κ2) is 10.8. The molecule has 2 aliphatic carbocycles. The van der Waals surface area contributed by atoms with Crippen LogP contribution >= 0.6 is 0 Å². The highest BCUT2D eigenvalue weighted by molar-refractivity contribution is 5.81. The Kier molecular flexibility index (Phi) is 8.42. The van der Waals surface area contributed by atoms with Gasteiger partial charge in [-0.05, 0) is 73.8 Å². The van der Waals surface area contributed by atoms with Crippen molar-refractivity contribution in [1.82, 2.24) is 0 Å². The summed E-state index contributed by atoms with van der Waals surface area (Å²) in [4.78, 5) is 12.8. The van der Waals surface area contributed by atoms with Crippen LogP contribution in [0.2, 0.25) is 0 Å². The molecule has 4 heteroatoms. The minimum atomic E-state index is -2.79. The molecular formula is C26H37F3O. The first-order valence-electron chi connectivity index (χ1n) is 12.1. The van der Waals surface area contributed by atoms with E-state index in [0.717, 1.165) is 18.8 Å². The van der Waals surface area contributed by atoms with Crippen molar-refractivity contribution in [3.63, 3.8) is 0 Å². The van der Waals surface area contributed by atoms with Gasteiger partial charge in [-0.1, -0.05) is 51.7 Å². The fraction of sp³-hybridized carbons (Fsp3) is 0.731. The second-order valence-corrected chi connectivity index (χ2v) is 9.59. The Morgan fingerprint density at radius 3 is 2.17 bits per heavy atom. The highest BCUT2D eigenvalue weighted by Crippen LogP contribution is 2.41. The molecule has 0 aliphatic heterocycles. The van der Waals surface area contributed by atoms with E-state index in [4.69, 9.17) is 0 Å². The molecule has 0 heterocycles. The van der Waals surface area contributed by atoms with Gasteiger partial charge in [-0.25, -0.2) is 13.2 Å². The molecular weight excluding hydrogens is 385 g/mol. The Balaban J connectivity index is 1.54. The van der Waals surface area contributed by atoms with Crippen molar-refractivity contribution in [2.75, 3.05) is 0 Å². The summed E-state index contributed by atoms with van der Waals surface area (Å²) in [6.45, 7) is 4.01. The van der Waals surface area contributed by atoms with Crippen LogP contribution in [-0.4, -0.2) is 5.78 Å². The lowest BCUT2D eigenvalue weighted by atomic mass is 9.73. The minimum Gasteiger partial charge on any atom is -0.299 e. The summed E-state index contributed by atoms with van der Waals surface area (Å²) < 4.78 is 41.7. The van der Waals surface area contributed by atoms with Crippen LogP contribution in [0.25, 0.3) is 0 Å². The lowest BCUT2D eigenvalue weighted by Gasteiger charge is -2.31. The van der Waals surface area contributed by atoms with Crippen LogP contribution in [0.1, 0.15) is 114 Å². The molecule has 3 rings (SSSR count). The summed E-state index contributed by atoms with van der Waals surface area (Å²) in [5.41, 5.74) is 0.387. The van der Waals surface area contributed by atoms with E-state index in [9.17, 15) is 18.0 Å². The predicted molar refractivity (Wildman–Crippen MR) is 115 cm³/mol. The van der Waals surface area contributed by atoms with Crippen molar-refractivity contribution >= 4 is 5.78 Å². The molecule has 0 saturated heterocycles. The van der Waals surface area contributed by atoms with E-state index in [0.29, 0.717) is 48.5 Å². The van der Waals surface area contributed by atoms with Gasteiger partial charge in [-0.2, -0.15) is 0 Å². The summed E-state index contributed by atoms with van der Waals surface area (Å²) in [5, 5.41) is 0. The molecule has 2 saturated carbocycles. The Bertz CT molecular complexity index is 698. The summed E-state index contributed by atoms with van der Waals surface area (Å²) >= 11 is 0. The zero-order chi connectivity index (χ0) is 21.7. The molecule has 168 valence electrons. The molecule has 0 atom stereocenters. The maximum absolute atomic E-state index is 14.9. The molecule has 2 aliphatic rings. The highest BCUT2D eigenvalue weighted by Gasteiger charge is 2.32. The third-order valence-corrected chi connectivity index (χ3v) is 7.67. The summed E-state index contributed by atoms with van der Waals surface area (Å²) in [5.74, 6) is 1.06. The standard InChI is InChI=1S/C26H37F3O/c1-3-5-17-6-8-18(9-7-17)16-23(30)21-12-10-20(11-13-21)22-15-14-19(4-2)24(25(22)27)26(28)29/h14-15,17-18,20-21,26H,3-13,16H2,1-2H3. The molecule has 0 radical (unpaired) electrons. The average Bonchev–Trinajstić information content (AvgIpc) is 2.75. The van der Waals surface area contributed by atoms with Crippen molar-refractivity contribution in [3.05, 3.63) is 34.6 Å². The number of hydrogen-bond acceptors (Lipinski definition) is 1. The lowest BCUT2D eigenvalue weighted by Crippen LogP contribution is -2.25. The summed E-state index contributed by atoms with van der Waals surface area (Å²) in [6.07, 6.45) is 8.69. The maximum atomic E-state index is 14.9. The molecule has 0 N–H and O–H groups in total. The van der Waals surface area contributed by atoms with Crippen molar-refractivity contribution in [1.29, 1.82) is 0 Å². The van der Waals surface area contributed by atoms with E-state index in [2.05, 4.69) is 6.92 Å². The average molecular weight is 423 g/mol. The zero-order valence-corrected chi connectivity index (χ0v) is 18.6. The smallest absolute Gasteiger partial charge is 0.266 e. The Hall–Kier alpha value is -1.32. The van der Waals surface area contributed by atoms with Gasteiger partial charge in [0.15, 0.2) is 0 Å². The number of ketones is 1. The van der Waals surface area contributed by atoms with Crippen molar-refractivity contribution in [2.45, 2.75) is 103 Å². The number of Topliss-reactive ketones (excluding diaryl/α,β-unsaturated/α-hetero) is 1. The first kappa shape index (κ1) is 23.3. The molecule has 0 unspecified atom stereocenters. The molecule has 1 aromatic rings. The van der Waals surface area contributed by atoms with Gasteiger partial charge in [-0.15, -0.1) is 0 Å². The van der Waals surface area contributed by atoms with Gasteiger partial charge in [0.25, 0.3) is 6.43 Å². The first-order valence-corrected chi connectivity index (χ1v) is 12.1. The van der Waals surface area contributed by atoms with Crippen LogP contribution in [0.5, 0.6) is 0 Å². The second-order valence-electron chi connectivity index (χ2n) is 9.59. The third kappa shape index (κ3) is 5.48. The van der Waals surface area contributed by atoms with Gasteiger partial charge < -0.3 is 0 Å². The topological polar surface area (TPSA) is 17.1 Å². The number of aryl methyl sites for hydroxylation is 1. The molecule has 0 amide bonds. The molecule has 1 aromatic carbocycles. The number of carbonyl (C=O) groups is 1. The van der Waals surface area contributed by atoms with E-state index >= 15 is 0 Å². The molecule has 30 heavy (non-hydrogen) atoms. The van der Waals surface area contributed by atoms with Gasteiger partial charge in [0.1, 0.15) is 11.6 Å². The molecule has 0 spiro atoms. The number of alkyl halides is 2. The van der Waals surface area contributed by atoms with E-state index in [1.54, 1.807) is 19.1 Å². The third-order valence-electron chi connectivity index (χ3n) is 7.67. The van der Waals surface area contributed by atoms with E-state index < -0.39 is 17.8 Å². The van der Waals surface area contributed by atoms with Crippen molar-refractivity contribution < 1.29 is 18.0 Å². The van der Waals surface area contributed by atoms with Crippen LogP contribution in [0.15, 0.2) is 12.1 Å². The molecule has 1 nitrogen and oxygen atoms in total. The minimum absolute atomic E-state index is 0.0538. The normalized spacial score (nSPS) is 27.4. The SMILES string of the molecule is CCCC1CCC(CC(=O)C2CCC(c3ccc(CC)c(C(F)F)c3F)CC2)CC1. The largest absolute Gasteiger partial charge is 0.299 e. The highest BCUT2D eigenvalue weighted by atomic mass is 19.3. The lowest BCUT2D eigenvalue weighted by molar-refractivity contribution is -0.125.